The van der Waals surface area contributed by atoms with E-state index >= 15 is 0 Å². The summed E-state index contributed by atoms with van der Waals surface area (Å²) in [4.78, 5) is 14.2. The van der Waals surface area contributed by atoms with Crippen LogP contribution in [0.5, 0.6) is 0 Å². The zero-order valence-electron chi connectivity index (χ0n) is 10.8. The van der Waals surface area contributed by atoms with Gasteiger partial charge in [-0.2, -0.15) is 5.10 Å². The van der Waals surface area contributed by atoms with Gasteiger partial charge in [0.25, 0.3) is 0 Å². The molecule has 0 saturated carbocycles. The van der Waals surface area contributed by atoms with Crippen LogP contribution in [0.15, 0.2) is 41.3 Å². The van der Waals surface area contributed by atoms with Gasteiger partial charge < -0.3 is 9.72 Å². The molecule has 1 aromatic heterocycles. The number of aromatic nitrogens is 1. The van der Waals surface area contributed by atoms with E-state index in [4.69, 9.17) is 4.74 Å². The monoisotopic (exact) mass is 257 g/mol. The van der Waals surface area contributed by atoms with E-state index in [2.05, 4.69) is 15.5 Å². The fourth-order valence-corrected chi connectivity index (χ4v) is 1.68. The van der Waals surface area contributed by atoms with Gasteiger partial charge in [-0.1, -0.05) is 18.2 Å². The van der Waals surface area contributed by atoms with Crippen molar-refractivity contribution in [3.63, 3.8) is 0 Å². The Morgan fingerprint density at radius 1 is 1.42 bits per heavy atom. The van der Waals surface area contributed by atoms with Gasteiger partial charge in [0.2, 0.25) is 5.88 Å². The van der Waals surface area contributed by atoms with Gasteiger partial charge in [0.1, 0.15) is 0 Å². The van der Waals surface area contributed by atoms with Crippen LogP contribution in [0.4, 0.5) is 0 Å². The van der Waals surface area contributed by atoms with Crippen molar-refractivity contribution in [2.45, 2.75) is 13.8 Å². The van der Waals surface area contributed by atoms with Gasteiger partial charge in [0.15, 0.2) is 0 Å². The summed E-state index contributed by atoms with van der Waals surface area (Å²) in [6.07, 6.45) is 3.26. The number of hydrogen-bond donors (Lipinski definition) is 2. The molecule has 0 aliphatic heterocycles. The maximum Gasteiger partial charge on any atom is 0.309 e. The van der Waals surface area contributed by atoms with E-state index in [1.54, 1.807) is 19.2 Å². The lowest BCUT2D eigenvalue weighted by molar-refractivity contribution is -0.137. The number of para-hydroxylation sites is 1. The minimum atomic E-state index is -0.402. The molecular formula is C14H15N3O2. The number of carbonyl (C=O) groups is 1. The van der Waals surface area contributed by atoms with Crippen molar-refractivity contribution in [2.75, 3.05) is 0 Å². The van der Waals surface area contributed by atoms with Crippen LogP contribution in [0, 0.1) is 0 Å². The van der Waals surface area contributed by atoms with Gasteiger partial charge in [-0.25, -0.2) is 5.43 Å². The lowest BCUT2D eigenvalue weighted by Crippen LogP contribution is -2.11. The van der Waals surface area contributed by atoms with Crippen LogP contribution in [0.2, 0.25) is 0 Å². The van der Waals surface area contributed by atoms with Gasteiger partial charge >= 0.3 is 5.97 Å². The molecule has 19 heavy (non-hydrogen) atoms. The van der Waals surface area contributed by atoms with Crippen LogP contribution in [-0.4, -0.2) is 17.2 Å². The third-order valence-electron chi connectivity index (χ3n) is 2.39. The number of aromatic amines is 1. The number of carbonyl (C=O) groups excluding carboxylic acids is 1. The number of esters is 1. The summed E-state index contributed by atoms with van der Waals surface area (Å²) in [6.45, 7) is 3.11. The molecule has 0 amide bonds. The first kappa shape index (κ1) is 12.9. The highest BCUT2D eigenvalue weighted by Crippen LogP contribution is 2.16. The summed E-state index contributed by atoms with van der Waals surface area (Å²) < 4.78 is 5.03. The average Bonchev–Trinajstić information content (AvgIpc) is 2.77. The molecule has 0 saturated heterocycles. The first-order chi connectivity index (χ1) is 9.19. The molecule has 0 atom stereocenters. The number of ether oxygens (including phenoxy) is 1. The predicted molar refractivity (Wildman–Crippen MR) is 75.3 cm³/mol. The molecule has 2 aromatic rings. The molecule has 0 fully saturated rings. The third-order valence-corrected chi connectivity index (χ3v) is 2.39. The van der Waals surface area contributed by atoms with E-state index in [-0.39, 0.29) is 5.88 Å². The number of hydrogen-bond acceptors (Lipinski definition) is 4. The Morgan fingerprint density at radius 3 is 2.89 bits per heavy atom. The molecule has 0 bridgehead atoms. The van der Waals surface area contributed by atoms with Gasteiger partial charge in [0, 0.05) is 30.4 Å². The molecule has 5 heteroatoms. The van der Waals surface area contributed by atoms with E-state index in [1.807, 2.05) is 30.3 Å². The summed E-state index contributed by atoms with van der Waals surface area (Å²) in [5.74, 6) is -0.127. The lowest BCUT2D eigenvalue weighted by atomic mass is 10.2. The van der Waals surface area contributed by atoms with E-state index < -0.39 is 5.97 Å². The Morgan fingerprint density at radius 2 is 2.21 bits per heavy atom. The highest BCUT2D eigenvalue weighted by molar-refractivity contribution is 5.82. The highest BCUT2D eigenvalue weighted by Gasteiger charge is 2.03. The molecule has 1 heterocycles. The second-order valence-electron chi connectivity index (χ2n) is 3.91. The van der Waals surface area contributed by atoms with Crippen LogP contribution in [0.3, 0.4) is 0 Å². The number of nitrogens with one attached hydrogen (secondary N) is 2. The van der Waals surface area contributed by atoms with Crippen molar-refractivity contribution in [1.29, 1.82) is 0 Å². The largest absolute Gasteiger partial charge is 0.408 e. The summed E-state index contributed by atoms with van der Waals surface area (Å²) in [7, 11) is 0. The van der Waals surface area contributed by atoms with Gasteiger partial charge in [-0.15, -0.1) is 0 Å². The maximum atomic E-state index is 11.0. The number of benzene rings is 1. The van der Waals surface area contributed by atoms with E-state index in [0.29, 0.717) is 0 Å². The van der Waals surface area contributed by atoms with Crippen molar-refractivity contribution < 1.29 is 9.53 Å². The van der Waals surface area contributed by atoms with E-state index in [9.17, 15) is 4.79 Å². The first-order valence-corrected chi connectivity index (χ1v) is 5.90. The Hall–Kier alpha value is -2.56. The fourth-order valence-electron chi connectivity index (χ4n) is 1.68. The maximum absolute atomic E-state index is 11.0. The predicted octanol–water partition coefficient (Wildman–Crippen LogP) is 2.62. The number of fused-ring (bicyclic) bond motifs is 1. The lowest BCUT2D eigenvalue weighted by Gasteiger charge is -2.04. The molecular weight excluding hydrogens is 242 g/mol. The molecule has 1 aromatic carbocycles. The molecule has 0 aliphatic rings. The minimum Gasteiger partial charge on any atom is -0.408 e. The molecule has 2 N–H and O–H groups in total. The molecule has 0 spiro atoms. The number of H-pyrrole nitrogens is 1. The second-order valence-corrected chi connectivity index (χ2v) is 3.91. The zero-order valence-corrected chi connectivity index (χ0v) is 10.8. The van der Waals surface area contributed by atoms with Gasteiger partial charge in [0.05, 0.1) is 0 Å². The summed E-state index contributed by atoms with van der Waals surface area (Å²) in [6, 6.07) is 9.88. The first-order valence-electron chi connectivity index (χ1n) is 5.90. The smallest absolute Gasteiger partial charge is 0.309 e. The summed E-state index contributed by atoms with van der Waals surface area (Å²) >= 11 is 0. The van der Waals surface area contributed by atoms with Crippen LogP contribution in [0.1, 0.15) is 19.5 Å². The molecule has 0 unspecified atom stereocenters. The summed E-state index contributed by atoms with van der Waals surface area (Å²) in [5.41, 5.74) is 4.51. The highest BCUT2D eigenvalue weighted by atomic mass is 16.5. The fraction of sp³-hybridized carbons (Fsp3) is 0.143. The normalized spacial score (nSPS) is 12.0. The molecule has 0 aliphatic carbocycles. The zero-order chi connectivity index (χ0) is 13.7. The van der Waals surface area contributed by atoms with Gasteiger partial charge in [-0.3, -0.25) is 4.79 Å². The van der Waals surface area contributed by atoms with E-state index in [0.717, 1.165) is 16.6 Å². The van der Waals surface area contributed by atoms with Crippen LogP contribution >= 0.6 is 0 Å². The van der Waals surface area contributed by atoms with Crippen molar-refractivity contribution in [3.8, 4) is 0 Å². The van der Waals surface area contributed by atoms with Crippen LogP contribution < -0.4 is 5.43 Å². The Bertz CT molecular complexity index is 608. The van der Waals surface area contributed by atoms with Crippen LogP contribution in [0.25, 0.3) is 17.0 Å². The quantitative estimate of drug-likeness (QED) is 0.383. The summed E-state index contributed by atoms with van der Waals surface area (Å²) in [5, 5.41) is 4.93. The van der Waals surface area contributed by atoms with Crippen molar-refractivity contribution in [3.05, 3.63) is 41.9 Å². The Balaban J connectivity index is 2.30. The number of hydrazone groups is 1. The van der Waals surface area contributed by atoms with Gasteiger partial charge in [-0.05, 0) is 24.4 Å². The van der Waals surface area contributed by atoms with Crippen molar-refractivity contribution in [2.24, 2.45) is 5.10 Å². The number of nitrogens with zero attached hydrogens (tertiary/aromatic N) is 1. The number of rotatable bonds is 4. The third kappa shape index (κ3) is 3.45. The Labute approximate surface area is 111 Å². The van der Waals surface area contributed by atoms with Crippen molar-refractivity contribution in [1.82, 2.24) is 10.4 Å². The standard InChI is InChI=1S/C14H15N3O2/c1-3-15-17-14(19-10(2)18)9-12-8-11-6-4-5-7-13(11)16-12/h3-9,16-17H,1-2H3/b14-9-,15-3-. The molecule has 2 rings (SSSR count). The van der Waals surface area contributed by atoms with Crippen LogP contribution in [-0.2, 0) is 9.53 Å². The SMILES string of the molecule is C/C=N\N/C(=C/c1cc2ccccc2[nH]1)OC(C)=O. The molecule has 98 valence electrons. The second kappa shape index (κ2) is 5.86. The molecule has 0 radical (unpaired) electrons. The topological polar surface area (TPSA) is 66.5 Å². The van der Waals surface area contributed by atoms with E-state index in [1.165, 1.54) is 6.92 Å². The van der Waals surface area contributed by atoms with Crippen molar-refractivity contribution >= 4 is 29.2 Å². The average molecular weight is 257 g/mol. The minimum absolute atomic E-state index is 0.275. The molecule has 5 nitrogen and oxygen atoms in total. The Kier molecular flexibility index (Phi) is 3.97.